The number of ether oxygens (including phenoxy) is 1. The van der Waals surface area contributed by atoms with Gasteiger partial charge in [0.1, 0.15) is 5.75 Å². The van der Waals surface area contributed by atoms with E-state index in [1.165, 1.54) is 16.7 Å². The molecule has 1 aliphatic heterocycles. The number of carbonyl (C=O) groups excluding carboxylic acids is 2. The fourth-order valence-corrected chi connectivity index (χ4v) is 3.33. The third-order valence-electron chi connectivity index (χ3n) is 4.64. The number of nitrogens with one attached hydrogen (secondary N) is 2. The molecule has 0 aromatic heterocycles. The van der Waals surface area contributed by atoms with Crippen molar-refractivity contribution in [3.05, 3.63) is 58.1 Å². The van der Waals surface area contributed by atoms with Gasteiger partial charge in [-0.05, 0) is 67.6 Å². The van der Waals surface area contributed by atoms with Gasteiger partial charge in [-0.2, -0.15) is 0 Å². The van der Waals surface area contributed by atoms with Gasteiger partial charge < -0.3 is 15.4 Å². The number of aryl methyl sites for hydroxylation is 4. The van der Waals surface area contributed by atoms with Crippen LogP contribution in [0.15, 0.2) is 30.3 Å². The van der Waals surface area contributed by atoms with Crippen LogP contribution in [-0.2, 0) is 22.6 Å². The zero-order valence-electron chi connectivity index (χ0n) is 15.4. The van der Waals surface area contributed by atoms with Crippen LogP contribution in [0.2, 0.25) is 0 Å². The minimum atomic E-state index is -0.157. The summed E-state index contributed by atoms with van der Waals surface area (Å²) in [5, 5.41) is 5.75. The van der Waals surface area contributed by atoms with Crippen molar-refractivity contribution in [2.45, 2.75) is 40.2 Å². The minimum Gasteiger partial charge on any atom is -0.484 e. The minimum absolute atomic E-state index is 0.0326. The first-order chi connectivity index (χ1) is 12.4. The van der Waals surface area contributed by atoms with Gasteiger partial charge in [0.25, 0.3) is 5.91 Å². The number of hydrogen-bond donors (Lipinski definition) is 2. The lowest BCUT2D eigenvalue weighted by Gasteiger charge is -2.17. The molecule has 2 aromatic carbocycles. The van der Waals surface area contributed by atoms with E-state index in [0.717, 1.165) is 16.8 Å². The molecule has 0 bridgehead atoms. The van der Waals surface area contributed by atoms with Gasteiger partial charge >= 0.3 is 0 Å². The third kappa shape index (κ3) is 4.23. The molecule has 26 heavy (non-hydrogen) atoms. The predicted molar refractivity (Wildman–Crippen MR) is 101 cm³/mol. The van der Waals surface area contributed by atoms with Crippen LogP contribution in [0.3, 0.4) is 0 Å². The summed E-state index contributed by atoms with van der Waals surface area (Å²) in [5.74, 6) is 0.514. The predicted octanol–water partition coefficient (Wildman–Crippen LogP) is 3.19. The van der Waals surface area contributed by atoms with Gasteiger partial charge in [0.2, 0.25) is 5.91 Å². The normalized spacial score (nSPS) is 13.0. The van der Waals surface area contributed by atoms with E-state index in [-0.39, 0.29) is 18.4 Å². The van der Waals surface area contributed by atoms with E-state index in [1.54, 1.807) is 6.07 Å². The van der Waals surface area contributed by atoms with Crippen LogP contribution in [0.4, 0.5) is 5.69 Å². The second kappa shape index (κ2) is 7.60. The molecule has 0 spiro atoms. The summed E-state index contributed by atoms with van der Waals surface area (Å²) in [4.78, 5) is 23.5. The molecule has 136 valence electrons. The smallest absolute Gasteiger partial charge is 0.258 e. The maximum absolute atomic E-state index is 12.1. The standard InChI is InChI=1S/C21H24N2O3/c1-13-8-14(2)18(15(3)9-13)11-22-21(25)12-26-17-5-6-19-16(10-17)4-7-20(24)23-19/h5-6,8-10H,4,7,11-12H2,1-3H3,(H,22,25)(H,23,24). The summed E-state index contributed by atoms with van der Waals surface area (Å²) in [6.45, 7) is 6.65. The Balaban J connectivity index is 1.54. The molecule has 2 N–H and O–H groups in total. The molecular formula is C21H24N2O3. The van der Waals surface area contributed by atoms with E-state index >= 15 is 0 Å². The molecule has 2 aromatic rings. The van der Waals surface area contributed by atoms with Crippen LogP contribution in [0.25, 0.3) is 0 Å². The SMILES string of the molecule is Cc1cc(C)c(CNC(=O)COc2ccc3c(c2)CCC(=O)N3)c(C)c1. The average molecular weight is 352 g/mol. The molecule has 0 unspecified atom stereocenters. The van der Waals surface area contributed by atoms with E-state index in [1.807, 2.05) is 12.1 Å². The highest BCUT2D eigenvalue weighted by atomic mass is 16.5. The lowest BCUT2D eigenvalue weighted by Crippen LogP contribution is -2.29. The highest BCUT2D eigenvalue weighted by molar-refractivity contribution is 5.94. The molecule has 0 radical (unpaired) electrons. The van der Waals surface area contributed by atoms with Gasteiger partial charge in [-0.25, -0.2) is 0 Å². The lowest BCUT2D eigenvalue weighted by atomic mass is 10.00. The highest BCUT2D eigenvalue weighted by Crippen LogP contribution is 2.26. The number of rotatable bonds is 5. The first-order valence-electron chi connectivity index (χ1n) is 8.81. The van der Waals surface area contributed by atoms with Crippen LogP contribution in [0, 0.1) is 20.8 Å². The van der Waals surface area contributed by atoms with Crippen molar-refractivity contribution in [3.8, 4) is 5.75 Å². The van der Waals surface area contributed by atoms with Crippen molar-refractivity contribution in [1.82, 2.24) is 5.32 Å². The second-order valence-electron chi connectivity index (χ2n) is 6.81. The summed E-state index contributed by atoms with van der Waals surface area (Å²) in [6.07, 6.45) is 1.17. The molecule has 3 rings (SSSR count). The van der Waals surface area contributed by atoms with Crippen LogP contribution >= 0.6 is 0 Å². The fraction of sp³-hybridized carbons (Fsp3) is 0.333. The Morgan fingerprint density at radius 1 is 1.12 bits per heavy atom. The van der Waals surface area contributed by atoms with Crippen LogP contribution in [-0.4, -0.2) is 18.4 Å². The summed E-state index contributed by atoms with van der Waals surface area (Å²) in [6, 6.07) is 9.72. The monoisotopic (exact) mass is 352 g/mol. The summed E-state index contributed by atoms with van der Waals surface area (Å²) in [5.41, 5.74) is 6.59. The van der Waals surface area contributed by atoms with Crippen LogP contribution in [0.1, 0.15) is 34.2 Å². The zero-order chi connectivity index (χ0) is 18.7. The average Bonchev–Trinajstić information content (AvgIpc) is 2.59. The largest absolute Gasteiger partial charge is 0.484 e. The van der Waals surface area contributed by atoms with Crippen molar-refractivity contribution in [2.24, 2.45) is 0 Å². The van der Waals surface area contributed by atoms with Gasteiger partial charge in [0.15, 0.2) is 6.61 Å². The Labute approximate surface area is 153 Å². The van der Waals surface area contributed by atoms with E-state index in [9.17, 15) is 9.59 Å². The van der Waals surface area contributed by atoms with Gasteiger partial charge in [0.05, 0.1) is 0 Å². The molecule has 5 heteroatoms. The summed E-state index contributed by atoms with van der Waals surface area (Å²) >= 11 is 0. The van der Waals surface area contributed by atoms with Crippen molar-refractivity contribution in [2.75, 3.05) is 11.9 Å². The van der Waals surface area contributed by atoms with E-state index < -0.39 is 0 Å². The van der Waals surface area contributed by atoms with Gasteiger partial charge in [-0.15, -0.1) is 0 Å². The highest BCUT2D eigenvalue weighted by Gasteiger charge is 2.15. The molecule has 1 heterocycles. The Bertz CT molecular complexity index is 835. The zero-order valence-corrected chi connectivity index (χ0v) is 15.4. The van der Waals surface area contributed by atoms with Crippen molar-refractivity contribution >= 4 is 17.5 Å². The van der Waals surface area contributed by atoms with Gasteiger partial charge in [-0.1, -0.05) is 17.7 Å². The molecular weight excluding hydrogens is 328 g/mol. The number of hydrogen-bond acceptors (Lipinski definition) is 3. The third-order valence-corrected chi connectivity index (χ3v) is 4.64. The number of carbonyl (C=O) groups is 2. The Hall–Kier alpha value is -2.82. The Morgan fingerprint density at radius 3 is 2.58 bits per heavy atom. The number of anilines is 1. The van der Waals surface area contributed by atoms with E-state index in [4.69, 9.17) is 4.74 Å². The second-order valence-corrected chi connectivity index (χ2v) is 6.81. The number of fused-ring (bicyclic) bond motifs is 1. The van der Waals surface area contributed by atoms with Crippen molar-refractivity contribution < 1.29 is 14.3 Å². The maximum Gasteiger partial charge on any atom is 0.258 e. The lowest BCUT2D eigenvalue weighted by molar-refractivity contribution is -0.123. The fourth-order valence-electron chi connectivity index (χ4n) is 3.33. The molecule has 5 nitrogen and oxygen atoms in total. The molecule has 0 saturated carbocycles. The Kier molecular flexibility index (Phi) is 5.26. The van der Waals surface area contributed by atoms with Gasteiger partial charge in [-0.3, -0.25) is 9.59 Å². The quantitative estimate of drug-likeness (QED) is 0.868. The summed E-state index contributed by atoms with van der Waals surface area (Å²) in [7, 11) is 0. The molecule has 0 saturated heterocycles. The topological polar surface area (TPSA) is 67.4 Å². The van der Waals surface area contributed by atoms with Gasteiger partial charge in [0, 0.05) is 18.7 Å². The van der Waals surface area contributed by atoms with Crippen molar-refractivity contribution in [1.29, 1.82) is 0 Å². The molecule has 2 amide bonds. The van der Waals surface area contributed by atoms with Crippen LogP contribution < -0.4 is 15.4 Å². The first-order valence-corrected chi connectivity index (χ1v) is 8.81. The van der Waals surface area contributed by atoms with Crippen LogP contribution in [0.5, 0.6) is 5.75 Å². The molecule has 1 aliphatic rings. The first kappa shape index (κ1) is 18.0. The van der Waals surface area contributed by atoms with Crippen molar-refractivity contribution in [3.63, 3.8) is 0 Å². The number of amides is 2. The van der Waals surface area contributed by atoms with E-state index in [0.29, 0.717) is 25.1 Å². The van der Waals surface area contributed by atoms with E-state index in [2.05, 4.69) is 43.5 Å². The molecule has 0 aliphatic carbocycles. The Morgan fingerprint density at radius 2 is 1.85 bits per heavy atom. The maximum atomic E-state index is 12.1. The number of benzene rings is 2. The summed E-state index contributed by atoms with van der Waals surface area (Å²) < 4.78 is 5.60. The molecule has 0 atom stereocenters. The molecule has 0 fully saturated rings.